The van der Waals surface area contributed by atoms with Gasteiger partial charge in [0.15, 0.2) is 0 Å². The number of allylic oxidation sites excluding steroid dienone is 7. The second kappa shape index (κ2) is 8.72. The van der Waals surface area contributed by atoms with Gasteiger partial charge in [-0.25, -0.2) is 0 Å². The Labute approximate surface area is 161 Å². The highest BCUT2D eigenvalue weighted by Crippen LogP contribution is 2.37. The zero-order valence-electron chi connectivity index (χ0n) is 17.5. The van der Waals surface area contributed by atoms with Gasteiger partial charge in [-0.1, -0.05) is 77.2 Å². The predicted molar refractivity (Wildman–Crippen MR) is 117 cm³/mol. The molecule has 0 amide bonds. The van der Waals surface area contributed by atoms with Gasteiger partial charge in [-0.15, -0.1) is 0 Å². The number of benzene rings is 1. The lowest BCUT2D eigenvalue weighted by atomic mass is 9.87. The van der Waals surface area contributed by atoms with E-state index in [1.165, 1.54) is 21.9 Å². The van der Waals surface area contributed by atoms with Crippen LogP contribution in [-0.2, 0) is 0 Å². The van der Waals surface area contributed by atoms with Crippen molar-refractivity contribution in [3.63, 3.8) is 0 Å². The smallest absolute Gasteiger partial charge is 0.129 e. The Morgan fingerprint density at radius 3 is 2.31 bits per heavy atom. The van der Waals surface area contributed by atoms with Crippen LogP contribution in [0.5, 0.6) is 5.75 Å². The van der Waals surface area contributed by atoms with Crippen molar-refractivity contribution in [1.82, 2.24) is 0 Å². The van der Waals surface area contributed by atoms with Crippen molar-refractivity contribution in [2.45, 2.75) is 60.6 Å². The third kappa shape index (κ3) is 5.11. The molecule has 0 heterocycles. The molecule has 0 unspecified atom stereocenters. The van der Waals surface area contributed by atoms with Crippen molar-refractivity contribution < 1.29 is 4.74 Å². The number of rotatable bonds is 6. The van der Waals surface area contributed by atoms with Crippen LogP contribution in [0.1, 0.15) is 47.5 Å². The molecule has 0 aromatic heterocycles. The van der Waals surface area contributed by atoms with Crippen LogP contribution in [-0.4, -0.2) is 8.80 Å². The van der Waals surface area contributed by atoms with Crippen LogP contribution in [0, 0.1) is 5.41 Å². The van der Waals surface area contributed by atoms with E-state index >= 15 is 0 Å². The quantitative estimate of drug-likeness (QED) is 0.299. The fraction of sp³-hybridized carbons (Fsp3) is 0.417. The maximum absolute atomic E-state index is 6.47. The fourth-order valence-electron chi connectivity index (χ4n) is 3.37. The molecule has 2 heteroatoms. The van der Waals surface area contributed by atoms with E-state index in [2.05, 4.69) is 65.9 Å². The summed E-state index contributed by atoms with van der Waals surface area (Å²) in [6.07, 6.45) is 9.13. The van der Waals surface area contributed by atoms with Crippen LogP contribution < -0.4 is 4.74 Å². The van der Waals surface area contributed by atoms with Crippen molar-refractivity contribution in [1.29, 1.82) is 0 Å². The lowest BCUT2D eigenvalue weighted by Crippen LogP contribution is -2.15. The van der Waals surface area contributed by atoms with Gasteiger partial charge >= 0.3 is 0 Å². The summed E-state index contributed by atoms with van der Waals surface area (Å²) in [4.78, 5) is 0. The van der Waals surface area contributed by atoms with Crippen LogP contribution in [0.15, 0.2) is 76.2 Å². The Hall–Kier alpha value is -1.80. The van der Waals surface area contributed by atoms with Crippen molar-refractivity contribution in [2.75, 3.05) is 0 Å². The van der Waals surface area contributed by atoms with Gasteiger partial charge in [0, 0.05) is 0 Å². The molecule has 1 nitrogen and oxygen atoms in total. The first kappa shape index (κ1) is 20.5. The summed E-state index contributed by atoms with van der Waals surface area (Å²) >= 11 is 0. The lowest BCUT2D eigenvalue weighted by molar-refractivity contribution is 0.433. The van der Waals surface area contributed by atoms with Crippen LogP contribution in [0.2, 0.25) is 13.1 Å². The van der Waals surface area contributed by atoms with Crippen LogP contribution in [0.25, 0.3) is 0 Å². The van der Waals surface area contributed by atoms with Gasteiger partial charge in [0.25, 0.3) is 0 Å². The highest BCUT2D eigenvalue weighted by atomic mass is 28.3. The third-order valence-corrected chi connectivity index (χ3v) is 6.52. The molecule has 1 aromatic rings. The first-order valence-electron chi connectivity index (χ1n) is 9.79. The normalized spacial score (nSPS) is 16.4. The Balaban J connectivity index is 2.54. The molecule has 0 saturated heterocycles. The van der Waals surface area contributed by atoms with Crippen LogP contribution in [0.3, 0.4) is 0 Å². The predicted octanol–water partition coefficient (Wildman–Crippen LogP) is 7.00. The minimum absolute atomic E-state index is 0.195. The molecule has 0 bridgehead atoms. The molecule has 0 saturated carbocycles. The van der Waals surface area contributed by atoms with Crippen molar-refractivity contribution >= 4 is 8.80 Å². The molecule has 0 atom stereocenters. The Kier molecular flexibility index (Phi) is 6.88. The van der Waals surface area contributed by atoms with Crippen molar-refractivity contribution in [3.05, 3.63) is 76.2 Å². The molecule has 0 radical (unpaired) electrons. The van der Waals surface area contributed by atoms with E-state index in [9.17, 15) is 0 Å². The second-order valence-corrected chi connectivity index (χ2v) is 11.3. The van der Waals surface area contributed by atoms with E-state index in [0.717, 1.165) is 24.4 Å². The van der Waals surface area contributed by atoms with E-state index < -0.39 is 8.80 Å². The average molecular weight is 367 g/mol. The van der Waals surface area contributed by atoms with Crippen LogP contribution >= 0.6 is 0 Å². The zero-order valence-corrected chi connectivity index (χ0v) is 18.7. The molecule has 1 aliphatic rings. The Morgan fingerprint density at radius 2 is 1.81 bits per heavy atom. The monoisotopic (exact) mass is 366 g/mol. The fourth-order valence-corrected chi connectivity index (χ4v) is 5.12. The van der Waals surface area contributed by atoms with E-state index in [1.807, 2.05) is 30.3 Å². The summed E-state index contributed by atoms with van der Waals surface area (Å²) in [5.74, 6) is 2.00. The maximum Gasteiger partial charge on any atom is 0.129 e. The maximum atomic E-state index is 6.47. The molecule has 2 rings (SSSR count). The average Bonchev–Trinajstić information content (AvgIpc) is 3.05. The highest BCUT2D eigenvalue weighted by molar-refractivity contribution is 6.65. The zero-order chi connectivity index (χ0) is 19.3. The summed E-state index contributed by atoms with van der Waals surface area (Å²) in [5, 5.41) is 1.46. The van der Waals surface area contributed by atoms with Crippen molar-refractivity contribution in [2.24, 2.45) is 5.41 Å². The second-order valence-electron chi connectivity index (χ2n) is 8.39. The molecule has 0 fully saturated rings. The van der Waals surface area contributed by atoms with E-state index in [1.54, 1.807) is 0 Å². The lowest BCUT2D eigenvalue weighted by Gasteiger charge is -2.21. The number of hydrogen-bond donors (Lipinski definition) is 0. The minimum Gasteiger partial charge on any atom is -0.457 e. The minimum atomic E-state index is -1.09. The first-order chi connectivity index (χ1) is 12.2. The topological polar surface area (TPSA) is 9.23 Å². The molecular formula is C24H34OSi. The van der Waals surface area contributed by atoms with Gasteiger partial charge in [-0.3, -0.25) is 0 Å². The van der Waals surface area contributed by atoms with Gasteiger partial charge in [-0.2, -0.15) is 0 Å². The van der Waals surface area contributed by atoms with Gasteiger partial charge < -0.3 is 4.74 Å². The van der Waals surface area contributed by atoms with Gasteiger partial charge in [0.1, 0.15) is 11.5 Å². The summed E-state index contributed by atoms with van der Waals surface area (Å²) in [6, 6.07) is 10.2. The van der Waals surface area contributed by atoms with E-state index in [-0.39, 0.29) is 5.41 Å². The summed E-state index contributed by atoms with van der Waals surface area (Å²) in [5.41, 5.74) is 4.33. The summed E-state index contributed by atoms with van der Waals surface area (Å²) < 4.78 is 6.47. The number of para-hydroxylation sites is 1. The Morgan fingerprint density at radius 1 is 1.15 bits per heavy atom. The molecule has 0 N–H and O–H groups in total. The van der Waals surface area contributed by atoms with Crippen LogP contribution in [0.4, 0.5) is 0 Å². The SMILES string of the molecule is CCC=C(C)C(Oc1ccccc1)=C(C1=CC(C(C)(C)C)=CC1)[SiH](C)C. The molecule has 26 heavy (non-hydrogen) atoms. The van der Waals surface area contributed by atoms with E-state index in [0.29, 0.717) is 0 Å². The van der Waals surface area contributed by atoms with Gasteiger partial charge in [-0.05, 0) is 59.2 Å². The largest absolute Gasteiger partial charge is 0.457 e. The van der Waals surface area contributed by atoms with E-state index in [4.69, 9.17) is 4.74 Å². The standard InChI is InChI=1S/C24H34OSi/c1-8-12-18(2)22(25-21-13-10-9-11-14-21)23(26(6)7)19-15-16-20(17-19)24(3,4)5/h9-14,16-17,26H,8,15H2,1-7H3. The molecular weight excluding hydrogens is 332 g/mol. The Bertz CT molecular complexity index is 740. The number of hydrogen-bond acceptors (Lipinski definition) is 1. The molecule has 0 spiro atoms. The summed E-state index contributed by atoms with van der Waals surface area (Å²) in [6.45, 7) is 16.0. The van der Waals surface area contributed by atoms with Crippen molar-refractivity contribution in [3.8, 4) is 5.75 Å². The van der Waals surface area contributed by atoms with Gasteiger partial charge in [0.05, 0.1) is 8.80 Å². The van der Waals surface area contributed by atoms with Gasteiger partial charge in [0.2, 0.25) is 0 Å². The molecule has 1 aliphatic carbocycles. The first-order valence-corrected chi connectivity index (χ1v) is 12.7. The molecule has 1 aromatic carbocycles. The highest BCUT2D eigenvalue weighted by Gasteiger charge is 2.25. The summed E-state index contributed by atoms with van der Waals surface area (Å²) in [7, 11) is -1.09. The number of ether oxygens (including phenoxy) is 1. The molecule has 140 valence electrons. The molecule has 0 aliphatic heterocycles. The third-order valence-electron chi connectivity index (χ3n) is 4.74.